The molecule has 212 valence electrons. The highest BCUT2D eigenvalue weighted by molar-refractivity contribution is 7.21. The van der Waals surface area contributed by atoms with Crippen molar-refractivity contribution in [3.63, 3.8) is 0 Å². The van der Waals surface area contributed by atoms with E-state index in [0.717, 1.165) is 22.5 Å². The van der Waals surface area contributed by atoms with Gasteiger partial charge in [-0.25, -0.2) is 14.6 Å². The molecule has 4 aromatic rings. The quantitative estimate of drug-likeness (QED) is 0.116. The zero-order valence-corrected chi connectivity index (χ0v) is 24.0. The number of thiophene rings is 1. The fourth-order valence-corrected chi connectivity index (χ4v) is 5.18. The third-order valence-electron chi connectivity index (χ3n) is 5.91. The number of hydrogen-bond acceptors (Lipinski definition) is 7. The van der Waals surface area contributed by atoms with E-state index in [-0.39, 0.29) is 10.6 Å². The van der Waals surface area contributed by atoms with Crippen LogP contribution in [-0.2, 0) is 11.3 Å². The zero-order chi connectivity index (χ0) is 30.1. The molecular weight excluding hydrogens is 552 g/mol. The Balaban J connectivity index is 0.00000198. The number of carbonyl (C=O) groups excluding carboxylic acids is 1. The molecule has 0 saturated carbocycles. The molecule has 3 heterocycles. The molecule has 2 amide bonds. The molecule has 9 nitrogen and oxygen atoms in total. The van der Waals surface area contributed by atoms with E-state index in [9.17, 15) is 14.7 Å². The van der Waals surface area contributed by atoms with Gasteiger partial charge in [-0.3, -0.25) is 4.90 Å². The number of nitrogens with zero attached hydrogens (tertiary/aromatic N) is 3. The van der Waals surface area contributed by atoms with Gasteiger partial charge in [-0.2, -0.15) is 5.26 Å². The summed E-state index contributed by atoms with van der Waals surface area (Å²) >= 11 is 1.03. The molecule has 0 saturated heterocycles. The van der Waals surface area contributed by atoms with Gasteiger partial charge in [0.1, 0.15) is 27.8 Å². The summed E-state index contributed by atoms with van der Waals surface area (Å²) in [5.74, 6) is 0.117. The number of nitrogens with one attached hydrogen (secondary N) is 1. The second-order valence-electron chi connectivity index (χ2n) is 8.60. The smallest absolute Gasteiger partial charge is 0.348 e. The SMILES string of the molecule is CC.Cc1cc(Oc2cccc(CO/C=C/C=C\C=C\C#N)c2)ccc1N1C(=O)Nc2c(C(=O)O)sc3nccc1c23. The average molecular weight is 581 g/mol. The number of aromatic carboxylic acids is 1. The fourth-order valence-electron chi connectivity index (χ4n) is 4.22. The number of carboxylic acids is 1. The van der Waals surface area contributed by atoms with Gasteiger partial charge in [0.05, 0.1) is 34.8 Å². The summed E-state index contributed by atoms with van der Waals surface area (Å²) < 4.78 is 11.6. The van der Waals surface area contributed by atoms with Crippen LogP contribution < -0.4 is 15.0 Å². The topological polar surface area (TPSA) is 125 Å². The molecule has 0 radical (unpaired) electrons. The monoisotopic (exact) mass is 580 g/mol. The third-order valence-corrected chi connectivity index (χ3v) is 7.00. The Kier molecular flexibility index (Phi) is 9.71. The van der Waals surface area contributed by atoms with Crippen LogP contribution in [0.4, 0.5) is 21.9 Å². The van der Waals surface area contributed by atoms with E-state index in [4.69, 9.17) is 14.7 Å². The van der Waals surface area contributed by atoms with Crippen LogP contribution in [0.15, 0.2) is 91.4 Å². The van der Waals surface area contributed by atoms with Gasteiger partial charge in [0.2, 0.25) is 0 Å². The highest BCUT2D eigenvalue weighted by Gasteiger charge is 2.33. The Morgan fingerprint density at radius 3 is 2.64 bits per heavy atom. The minimum absolute atomic E-state index is 0.0494. The Labute approximate surface area is 247 Å². The number of pyridine rings is 1. The maximum absolute atomic E-state index is 13.2. The van der Waals surface area contributed by atoms with Crippen LogP contribution >= 0.6 is 11.3 Å². The number of urea groups is 1. The van der Waals surface area contributed by atoms with Crippen LogP contribution in [0.3, 0.4) is 0 Å². The van der Waals surface area contributed by atoms with Crippen molar-refractivity contribution in [2.75, 3.05) is 10.2 Å². The van der Waals surface area contributed by atoms with E-state index in [1.54, 1.807) is 55.0 Å². The molecule has 0 atom stereocenters. The van der Waals surface area contributed by atoms with E-state index in [0.29, 0.717) is 39.7 Å². The minimum Gasteiger partial charge on any atom is -0.497 e. The number of allylic oxidation sites excluding steroid dienone is 5. The molecule has 1 aliphatic heterocycles. The van der Waals surface area contributed by atoms with Crippen molar-refractivity contribution in [2.24, 2.45) is 0 Å². The summed E-state index contributed by atoms with van der Waals surface area (Å²) in [6.07, 6.45) is 11.4. The first-order valence-corrected chi connectivity index (χ1v) is 13.9. The Bertz CT molecular complexity index is 1750. The molecule has 0 aliphatic carbocycles. The molecule has 2 aromatic heterocycles. The van der Waals surface area contributed by atoms with E-state index >= 15 is 0 Å². The number of carboxylic acid groups (broad SMARTS) is 1. The molecule has 0 unspecified atom stereocenters. The number of anilines is 3. The van der Waals surface area contributed by atoms with Gasteiger partial charge in [-0.15, -0.1) is 11.3 Å². The lowest BCUT2D eigenvalue weighted by molar-refractivity contribution is 0.0703. The predicted molar refractivity (Wildman–Crippen MR) is 165 cm³/mol. The van der Waals surface area contributed by atoms with Crippen molar-refractivity contribution < 1.29 is 24.2 Å². The summed E-state index contributed by atoms with van der Waals surface area (Å²) in [5, 5.41) is 21.4. The normalized spacial score (nSPS) is 12.3. The maximum atomic E-state index is 13.2. The first kappa shape index (κ1) is 29.6. The third kappa shape index (κ3) is 6.49. The number of nitriles is 1. The highest BCUT2D eigenvalue weighted by Crippen LogP contribution is 2.46. The molecule has 5 rings (SSSR count). The standard InChI is InChI=1S/C30H22N4O5S.C2H6/c1-19-16-22(39-21-9-7-8-20(17-21)18-38-15-6-4-2-3-5-13-31)10-11-23(19)34-24-12-14-32-28-25(24)26(33-30(34)37)27(40-28)29(35)36;1-2/h2-12,14-17H,18H2,1H3,(H,33,37)(H,35,36);1-2H3/b4-2-,5-3+,15-6+;. The zero-order valence-electron chi connectivity index (χ0n) is 23.2. The summed E-state index contributed by atoms with van der Waals surface area (Å²) in [5.41, 5.74) is 3.19. The Morgan fingerprint density at radius 2 is 1.88 bits per heavy atom. The van der Waals surface area contributed by atoms with Crippen molar-refractivity contribution in [3.8, 4) is 17.6 Å². The molecule has 2 aromatic carbocycles. The van der Waals surface area contributed by atoms with Gasteiger partial charge < -0.3 is 19.9 Å². The van der Waals surface area contributed by atoms with E-state index in [1.165, 1.54) is 11.0 Å². The van der Waals surface area contributed by atoms with E-state index < -0.39 is 12.0 Å². The number of carbonyl (C=O) groups is 2. The van der Waals surface area contributed by atoms with E-state index in [1.807, 2.05) is 57.2 Å². The number of ether oxygens (including phenoxy) is 2. The van der Waals surface area contributed by atoms with Crippen LogP contribution in [0.1, 0.15) is 34.6 Å². The van der Waals surface area contributed by atoms with Gasteiger partial charge in [0.15, 0.2) is 0 Å². The van der Waals surface area contributed by atoms with Crippen LogP contribution in [0.2, 0.25) is 0 Å². The van der Waals surface area contributed by atoms with Gasteiger partial charge in [-0.1, -0.05) is 44.2 Å². The van der Waals surface area contributed by atoms with Gasteiger partial charge >= 0.3 is 12.0 Å². The maximum Gasteiger partial charge on any atom is 0.348 e. The molecule has 42 heavy (non-hydrogen) atoms. The summed E-state index contributed by atoms with van der Waals surface area (Å²) in [4.78, 5) is 31.3. The molecule has 2 N–H and O–H groups in total. The van der Waals surface area contributed by atoms with E-state index in [2.05, 4.69) is 10.3 Å². The predicted octanol–water partition coefficient (Wildman–Crippen LogP) is 8.47. The fraction of sp³-hybridized carbons (Fsp3) is 0.125. The highest BCUT2D eigenvalue weighted by atomic mass is 32.1. The second-order valence-corrected chi connectivity index (χ2v) is 9.60. The van der Waals surface area contributed by atoms with Crippen molar-refractivity contribution in [3.05, 3.63) is 107 Å². The first-order chi connectivity index (χ1) is 20.5. The summed E-state index contributed by atoms with van der Waals surface area (Å²) in [6, 6.07) is 16.1. The average Bonchev–Trinajstić information content (AvgIpc) is 3.36. The van der Waals surface area contributed by atoms with Crippen LogP contribution in [0.25, 0.3) is 10.2 Å². The number of benzene rings is 2. The lowest BCUT2D eigenvalue weighted by Crippen LogP contribution is -2.34. The molecular formula is C32H28N4O5S. The second kappa shape index (κ2) is 13.8. The number of hydrogen-bond donors (Lipinski definition) is 2. The number of aryl methyl sites for hydroxylation is 1. The lowest BCUT2D eigenvalue weighted by Gasteiger charge is -2.29. The number of rotatable bonds is 9. The first-order valence-electron chi connectivity index (χ1n) is 13.1. The lowest BCUT2D eigenvalue weighted by atomic mass is 10.1. The molecule has 0 fully saturated rings. The van der Waals surface area contributed by atoms with Crippen molar-refractivity contribution in [1.29, 1.82) is 5.26 Å². The van der Waals surface area contributed by atoms with Crippen molar-refractivity contribution in [1.82, 2.24) is 4.98 Å². The van der Waals surface area contributed by atoms with Crippen molar-refractivity contribution in [2.45, 2.75) is 27.4 Å². The van der Waals surface area contributed by atoms with Crippen molar-refractivity contribution >= 4 is 50.6 Å². The van der Waals surface area contributed by atoms with Gasteiger partial charge in [0, 0.05) is 12.3 Å². The van der Waals surface area contributed by atoms with Crippen LogP contribution in [-0.4, -0.2) is 22.1 Å². The molecule has 0 bridgehead atoms. The van der Waals surface area contributed by atoms with Crippen LogP contribution in [0, 0.1) is 18.3 Å². The Hall–Kier alpha value is -5.40. The molecule has 10 heteroatoms. The molecule has 1 aliphatic rings. The summed E-state index contributed by atoms with van der Waals surface area (Å²) in [6.45, 7) is 6.23. The number of aromatic nitrogens is 1. The summed E-state index contributed by atoms with van der Waals surface area (Å²) in [7, 11) is 0. The van der Waals surface area contributed by atoms with Gasteiger partial charge in [-0.05, 0) is 60.5 Å². The molecule has 0 spiro atoms. The largest absolute Gasteiger partial charge is 0.497 e. The Morgan fingerprint density at radius 1 is 1.10 bits per heavy atom. The minimum atomic E-state index is -1.11. The number of amides is 2. The van der Waals surface area contributed by atoms with Gasteiger partial charge in [0.25, 0.3) is 0 Å². The van der Waals surface area contributed by atoms with Crippen LogP contribution in [0.5, 0.6) is 11.5 Å².